The summed E-state index contributed by atoms with van der Waals surface area (Å²) in [5, 5.41) is 3.27. The van der Waals surface area contributed by atoms with E-state index in [9.17, 15) is 17.2 Å². The zero-order chi connectivity index (χ0) is 14.8. The minimum atomic E-state index is -4.51. The van der Waals surface area contributed by atoms with Crippen LogP contribution in [0.2, 0.25) is 0 Å². The highest BCUT2D eigenvalue weighted by molar-refractivity contribution is 7.91. The number of hydrogen-bond donors (Lipinski definition) is 2. The number of benzene rings is 1. The third kappa shape index (κ3) is 3.46. The van der Waals surface area contributed by atoms with E-state index in [1.807, 2.05) is 0 Å². The first-order chi connectivity index (χ1) is 9.39. The second kappa shape index (κ2) is 6.05. The van der Waals surface area contributed by atoms with Crippen molar-refractivity contribution in [2.24, 2.45) is 5.73 Å². The van der Waals surface area contributed by atoms with Gasteiger partial charge in [0.25, 0.3) is 0 Å². The highest BCUT2D eigenvalue weighted by Crippen LogP contribution is 2.23. The Kier molecular flexibility index (Phi) is 4.59. The third-order valence-corrected chi connectivity index (χ3v) is 4.96. The van der Waals surface area contributed by atoms with Gasteiger partial charge < -0.3 is 11.1 Å². The van der Waals surface area contributed by atoms with E-state index < -0.39 is 15.6 Å². The summed E-state index contributed by atoms with van der Waals surface area (Å²) in [5.41, 5.74) is 6.56. The summed E-state index contributed by atoms with van der Waals surface area (Å²) in [6, 6.07) is 6.00. The highest BCUT2D eigenvalue weighted by atomic mass is 32.2. The lowest BCUT2D eigenvalue weighted by molar-refractivity contribution is 0.234. The van der Waals surface area contributed by atoms with Crippen molar-refractivity contribution in [2.45, 2.75) is 48.4 Å². The largest absolute Gasteiger partial charge is 0.382 e. The first-order valence-electron chi connectivity index (χ1n) is 6.54. The molecule has 3 N–H and O–H groups in total. The summed E-state index contributed by atoms with van der Waals surface area (Å²) in [6.07, 6.45) is 3.82. The van der Waals surface area contributed by atoms with E-state index in [0.717, 1.165) is 31.4 Å². The summed E-state index contributed by atoms with van der Waals surface area (Å²) in [6.45, 7) is 0. The van der Waals surface area contributed by atoms with Gasteiger partial charge in [0.1, 0.15) is 0 Å². The Balaban J connectivity index is 2.02. The average molecular weight is 304 g/mol. The van der Waals surface area contributed by atoms with E-state index in [1.165, 1.54) is 24.3 Å². The maximum absolute atomic E-state index is 12.4. The molecule has 0 spiro atoms. The Bertz CT molecular complexity index is 538. The summed E-state index contributed by atoms with van der Waals surface area (Å²) < 4.78 is 47.4. The fourth-order valence-electron chi connectivity index (χ4n) is 2.34. The molecule has 0 saturated heterocycles. The van der Waals surface area contributed by atoms with Crippen molar-refractivity contribution in [3.8, 4) is 0 Å². The minimum Gasteiger partial charge on any atom is -0.382 e. The number of rotatable bonds is 4. The molecule has 20 heavy (non-hydrogen) atoms. The van der Waals surface area contributed by atoms with Gasteiger partial charge in [0.05, 0.1) is 4.90 Å². The number of sulfone groups is 1. The number of anilines is 1. The Morgan fingerprint density at radius 3 is 2.15 bits per heavy atom. The van der Waals surface area contributed by atoms with E-state index in [2.05, 4.69) is 5.32 Å². The van der Waals surface area contributed by atoms with Gasteiger partial charge in [0.2, 0.25) is 9.84 Å². The molecular weight excluding hydrogens is 286 g/mol. The van der Waals surface area contributed by atoms with E-state index in [0.29, 0.717) is 6.04 Å². The Morgan fingerprint density at radius 1 is 1.10 bits per heavy atom. The molecule has 0 bridgehead atoms. The lowest BCUT2D eigenvalue weighted by Gasteiger charge is -2.27. The smallest absolute Gasteiger partial charge is 0.341 e. The molecule has 0 amide bonds. The van der Waals surface area contributed by atoms with Crippen molar-refractivity contribution in [3.05, 3.63) is 24.3 Å². The molecule has 0 atom stereocenters. The van der Waals surface area contributed by atoms with E-state index in [-0.39, 0.29) is 10.9 Å². The zero-order valence-electron chi connectivity index (χ0n) is 10.9. The molecule has 0 unspecified atom stereocenters. The molecule has 4 nitrogen and oxygen atoms in total. The second-order valence-corrected chi connectivity index (χ2v) is 7.00. The molecule has 1 aliphatic rings. The van der Waals surface area contributed by atoms with Crippen molar-refractivity contribution in [3.63, 3.8) is 0 Å². The average Bonchev–Trinajstić information content (AvgIpc) is 2.42. The molecule has 0 heterocycles. The number of alkyl halides is 2. The van der Waals surface area contributed by atoms with Gasteiger partial charge in [-0.25, -0.2) is 8.42 Å². The quantitative estimate of drug-likeness (QED) is 0.895. The van der Waals surface area contributed by atoms with Crippen LogP contribution in [-0.2, 0) is 9.84 Å². The van der Waals surface area contributed by atoms with Gasteiger partial charge in [-0.15, -0.1) is 0 Å². The molecule has 1 fully saturated rings. The topological polar surface area (TPSA) is 72.2 Å². The summed E-state index contributed by atoms with van der Waals surface area (Å²) >= 11 is 0. The Morgan fingerprint density at radius 2 is 1.65 bits per heavy atom. The van der Waals surface area contributed by atoms with Crippen LogP contribution in [0.5, 0.6) is 0 Å². The normalized spacial score (nSPS) is 23.8. The SMILES string of the molecule is NC1CCC(Nc2ccc(S(=O)(=O)C(F)F)cc2)CC1. The van der Waals surface area contributed by atoms with Gasteiger partial charge in [-0.1, -0.05) is 0 Å². The summed E-state index contributed by atoms with van der Waals surface area (Å²) in [7, 11) is -4.51. The Hall–Kier alpha value is -1.21. The third-order valence-electron chi connectivity index (χ3n) is 3.56. The molecule has 0 radical (unpaired) electrons. The maximum atomic E-state index is 12.4. The monoisotopic (exact) mass is 304 g/mol. The molecule has 1 aromatic carbocycles. The number of nitrogens with two attached hydrogens (primary N) is 1. The van der Waals surface area contributed by atoms with Crippen LogP contribution in [0.1, 0.15) is 25.7 Å². The predicted octanol–water partition coefficient (Wildman–Crippen LogP) is 2.36. The lowest BCUT2D eigenvalue weighted by Crippen LogP contribution is -2.32. The fraction of sp³-hybridized carbons (Fsp3) is 0.538. The van der Waals surface area contributed by atoms with Gasteiger partial charge in [-0.05, 0) is 49.9 Å². The molecule has 112 valence electrons. The summed E-state index contributed by atoms with van der Waals surface area (Å²) in [5.74, 6) is -3.39. The van der Waals surface area contributed by atoms with Gasteiger partial charge in [0, 0.05) is 17.8 Å². The summed E-state index contributed by atoms with van der Waals surface area (Å²) in [4.78, 5) is -0.358. The van der Waals surface area contributed by atoms with Crippen molar-refractivity contribution in [2.75, 3.05) is 5.32 Å². The van der Waals surface area contributed by atoms with E-state index >= 15 is 0 Å². The Labute approximate surface area is 117 Å². The minimum absolute atomic E-state index is 0.256. The molecule has 1 saturated carbocycles. The van der Waals surface area contributed by atoms with Crippen LogP contribution >= 0.6 is 0 Å². The molecule has 0 aromatic heterocycles. The first-order valence-corrected chi connectivity index (χ1v) is 8.08. The van der Waals surface area contributed by atoms with Crippen LogP contribution < -0.4 is 11.1 Å². The van der Waals surface area contributed by atoms with Crippen molar-refractivity contribution in [1.82, 2.24) is 0 Å². The van der Waals surface area contributed by atoms with Crippen LogP contribution in [0.4, 0.5) is 14.5 Å². The first kappa shape index (κ1) is 15.2. The van der Waals surface area contributed by atoms with Crippen LogP contribution in [-0.4, -0.2) is 26.3 Å². The van der Waals surface area contributed by atoms with E-state index in [4.69, 9.17) is 5.73 Å². The van der Waals surface area contributed by atoms with Crippen LogP contribution in [0.15, 0.2) is 29.2 Å². The van der Waals surface area contributed by atoms with Gasteiger partial charge in [-0.2, -0.15) is 8.78 Å². The van der Waals surface area contributed by atoms with Crippen LogP contribution in [0.3, 0.4) is 0 Å². The van der Waals surface area contributed by atoms with Crippen LogP contribution in [0.25, 0.3) is 0 Å². The standard InChI is InChI=1S/C13H18F2N2O2S/c14-13(15)20(18,19)12-7-5-11(6-8-12)17-10-3-1-9(16)2-4-10/h5-10,13,17H,1-4,16H2. The lowest BCUT2D eigenvalue weighted by atomic mass is 9.92. The van der Waals surface area contributed by atoms with E-state index in [1.54, 1.807) is 0 Å². The highest BCUT2D eigenvalue weighted by Gasteiger charge is 2.26. The van der Waals surface area contributed by atoms with Crippen LogP contribution in [0, 0.1) is 0 Å². The predicted molar refractivity (Wildman–Crippen MR) is 73.5 cm³/mol. The second-order valence-electron chi connectivity index (χ2n) is 5.09. The number of halogens is 2. The molecule has 2 rings (SSSR count). The number of hydrogen-bond acceptors (Lipinski definition) is 4. The number of nitrogens with one attached hydrogen (secondary N) is 1. The van der Waals surface area contributed by atoms with Crippen molar-refractivity contribution >= 4 is 15.5 Å². The van der Waals surface area contributed by atoms with Crippen molar-refractivity contribution < 1.29 is 17.2 Å². The fourth-order valence-corrected chi connectivity index (χ4v) is 3.06. The molecule has 7 heteroatoms. The van der Waals surface area contributed by atoms with Gasteiger partial charge >= 0.3 is 5.76 Å². The molecule has 0 aliphatic heterocycles. The molecule has 1 aliphatic carbocycles. The van der Waals surface area contributed by atoms with Gasteiger partial charge in [-0.3, -0.25) is 0 Å². The zero-order valence-corrected chi connectivity index (χ0v) is 11.7. The van der Waals surface area contributed by atoms with Crippen molar-refractivity contribution in [1.29, 1.82) is 0 Å². The maximum Gasteiger partial charge on any atom is 0.341 e. The van der Waals surface area contributed by atoms with Gasteiger partial charge in [0.15, 0.2) is 0 Å². The molecule has 1 aromatic rings. The molecular formula is C13H18F2N2O2S.